The lowest BCUT2D eigenvalue weighted by Gasteiger charge is -2.30. The molecule has 0 radical (unpaired) electrons. The summed E-state index contributed by atoms with van der Waals surface area (Å²) in [6.45, 7) is 4.20. The van der Waals surface area contributed by atoms with Crippen molar-refractivity contribution in [3.8, 4) is 0 Å². The van der Waals surface area contributed by atoms with Gasteiger partial charge in [0.2, 0.25) is 11.8 Å². The molecule has 0 saturated carbocycles. The minimum atomic E-state index is -0.330. The Morgan fingerprint density at radius 1 is 1.07 bits per heavy atom. The van der Waals surface area contributed by atoms with E-state index in [0.717, 1.165) is 24.4 Å². The average molecular weight is 385 g/mol. The zero-order valence-corrected chi connectivity index (χ0v) is 16.4. The van der Waals surface area contributed by atoms with Crippen LogP contribution in [0.5, 0.6) is 0 Å². The van der Waals surface area contributed by atoms with Crippen molar-refractivity contribution in [2.45, 2.75) is 44.7 Å². The molecule has 6 heteroatoms. The SMILES string of the molecule is CC(=O)N[C@H](CC(=O)NC[C@@H](c1ccco1)[NH+]1CCCCC1)c1ccccc1. The Labute approximate surface area is 166 Å². The maximum absolute atomic E-state index is 12.7. The third-order valence-electron chi connectivity index (χ3n) is 5.35. The lowest BCUT2D eigenvalue weighted by atomic mass is 10.0. The van der Waals surface area contributed by atoms with Gasteiger partial charge in [-0.25, -0.2) is 0 Å². The molecule has 1 aliphatic heterocycles. The van der Waals surface area contributed by atoms with Crippen molar-refractivity contribution in [3.05, 3.63) is 60.1 Å². The number of benzene rings is 1. The number of nitrogens with one attached hydrogen (secondary N) is 3. The number of furan rings is 1. The van der Waals surface area contributed by atoms with Crippen molar-refractivity contribution in [1.29, 1.82) is 0 Å². The summed E-state index contributed by atoms with van der Waals surface area (Å²) >= 11 is 0. The van der Waals surface area contributed by atoms with Crippen molar-refractivity contribution in [2.24, 2.45) is 0 Å². The molecule has 0 aliphatic carbocycles. The summed E-state index contributed by atoms with van der Waals surface area (Å²) in [4.78, 5) is 25.7. The van der Waals surface area contributed by atoms with E-state index in [1.807, 2.05) is 42.5 Å². The summed E-state index contributed by atoms with van der Waals surface area (Å²) in [5, 5.41) is 5.95. The van der Waals surface area contributed by atoms with Gasteiger partial charge in [0.1, 0.15) is 0 Å². The van der Waals surface area contributed by atoms with Gasteiger partial charge >= 0.3 is 0 Å². The zero-order valence-electron chi connectivity index (χ0n) is 16.4. The van der Waals surface area contributed by atoms with Crippen molar-refractivity contribution in [1.82, 2.24) is 10.6 Å². The second-order valence-corrected chi connectivity index (χ2v) is 7.46. The molecule has 2 amide bonds. The zero-order chi connectivity index (χ0) is 19.8. The van der Waals surface area contributed by atoms with Gasteiger partial charge < -0.3 is 20.0 Å². The first-order valence-electron chi connectivity index (χ1n) is 10.1. The van der Waals surface area contributed by atoms with E-state index in [0.29, 0.717) is 6.54 Å². The van der Waals surface area contributed by atoms with Crippen LogP contribution in [0.15, 0.2) is 53.1 Å². The normalized spacial score (nSPS) is 16.9. The van der Waals surface area contributed by atoms with Gasteiger partial charge in [0, 0.05) is 6.92 Å². The number of quaternary nitrogens is 1. The molecule has 3 N–H and O–H groups in total. The molecule has 1 aliphatic rings. The highest BCUT2D eigenvalue weighted by Crippen LogP contribution is 2.17. The van der Waals surface area contributed by atoms with E-state index in [-0.39, 0.29) is 30.3 Å². The number of carbonyl (C=O) groups is 2. The van der Waals surface area contributed by atoms with E-state index in [2.05, 4.69) is 10.6 Å². The Hall–Kier alpha value is -2.60. The fourth-order valence-corrected chi connectivity index (χ4v) is 3.95. The molecule has 2 aromatic rings. The Morgan fingerprint density at radius 2 is 1.82 bits per heavy atom. The quantitative estimate of drug-likeness (QED) is 0.649. The standard InChI is InChI=1S/C22H29N3O3/c1-17(26)24-19(18-9-4-2-5-10-18)15-22(27)23-16-20(21-11-8-14-28-21)25-12-6-3-7-13-25/h2,4-5,8-11,14,19-20H,3,6-7,12-13,15-16H2,1H3,(H,23,27)(H,24,26)/p+1/t19-,20+/m1/s1. The van der Waals surface area contributed by atoms with Gasteiger partial charge in [0.25, 0.3) is 0 Å². The first-order chi connectivity index (χ1) is 13.6. The van der Waals surface area contributed by atoms with Crippen molar-refractivity contribution >= 4 is 11.8 Å². The van der Waals surface area contributed by atoms with Crippen LogP contribution in [0.1, 0.15) is 56.0 Å². The Bertz CT molecular complexity index is 740. The lowest BCUT2D eigenvalue weighted by Crippen LogP contribution is -3.13. The van der Waals surface area contributed by atoms with Crippen LogP contribution >= 0.6 is 0 Å². The van der Waals surface area contributed by atoms with E-state index in [9.17, 15) is 9.59 Å². The van der Waals surface area contributed by atoms with E-state index >= 15 is 0 Å². The van der Waals surface area contributed by atoms with Crippen LogP contribution in [0.4, 0.5) is 0 Å². The van der Waals surface area contributed by atoms with Crippen LogP contribution in [0.2, 0.25) is 0 Å². The summed E-state index contributed by atoms with van der Waals surface area (Å²) < 4.78 is 5.66. The van der Waals surface area contributed by atoms with E-state index in [4.69, 9.17) is 4.42 Å². The summed E-state index contributed by atoms with van der Waals surface area (Å²) in [6, 6.07) is 13.3. The molecule has 6 nitrogen and oxygen atoms in total. The predicted molar refractivity (Wildman–Crippen MR) is 107 cm³/mol. The van der Waals surface area contributed by atoms with Gasteiger partial charge in [-0.05, 0) is 37.0 Å². The Balaban J connectivity index is 1.62. The third-order valence-corrected chi connectivity index (χ3v) is 5.35. The van der Waals surface area contributed by atoms with Gasteiger partial charge in [-0.2, -0.15) is 0 Å². The van der Waals surface area contributed by atoms with Crippen molar-refractivity contribution < 1.29 is 18.9 Å². The molecule has 1 aromatic carbocycles. The smallest absolute Gasteiger partial charge is 0.222 e. The second-order valence-electron chi connectivity index (χ2n) is 7.46. The van der Waals surface area contributed by atoms with Gasteiger partial charge in [0.05, 0.1) is 38.4 Å². The van der Waals surface area contributed by atoms with Crippen LogP contribution in [0, 0.1) is 0 Å². The minimum absolute atomic E-state index is 0.0735. The highest BCUT2D eigenvalue weighted by Gasteiger charge is 2.29. The average Bonchev–Trinajstić information content (AvgIpc) is 3.23. The van der Waals surface area contributed by atoms with Crippen LogP contribution in [0.25, 0.3) is 0 Å². The molecular formula is C22H30N3O3+. The summed E-state index contributed by atoms with van der Waals surface area (Å²) in [7, 11) is 0. The highest BCUT2D eigenvalue weighted by molar-refractivity contribution is 5.79. The number of piperidine rings is 1. The monoisotopic (exact) mass is 384 g/mol. The maximum atomic E-state index is 12.7. The fourth-order valence-electron chi connectivity index (χ4n) is 3.95. The molecule has 150 valence electrons. The fraction of sp³-hybridized carbons (Fsp3) is 0.455. The summed E-state index contributed by atoms with van der Waals surface area (Å²) in [5.74, 6) is 0.696. The number of rotatable bonds is 8. The van der Waals surface area contributed by atoms with Gasteiger partial charge in [-0.1, -0.05) is 30.3 Å². The molecule has 3 rings (SSSR count). The van der Waals surface area contributed by atoms with E-state index < -0.39 is 0 Å². The largest absolute Gasteiger partial charge is 0.463 e. The lowest BCUT2D eigenvalue weighted by molar-refractivity contribution is -0.936. The molecule has 0 bridgehead atoms. The number of hydrogen-bond donors (Lipinski definition) is 3. The summed E-state index contributed by atoms with van der Waals surface area (Å²) in [5.41, 5.74) is 0.928. The second kappa shape index (κ2) is 10.1. The van der Waals surface area contributed by atoms with Crippen LogP contribution < -0.4 is 15.5 Å². The van der Waals surface area contributed by atoms with Crippen LogP contribution in [-0.2, 0) is 9.59 Å². The number of likely N-dealkylation sites (tertiary alicyclic amines) is 1. The first kappa shape index (κ1) is 20.1. The number of carbonyl (C=O) groups excluding carboxylic acids is 2. The third kappa shape index (κ3) is 5.70. The molecule has 1 saturated heterocycles. The summed E-state index contributed by atoms with van der Waals surface area (Å²) in [6.07, 6.45) is 5.59. The van der Waals surface area contributed by atoms with Gasteiger partial charge in [-0.3, -0.25) is 9.59 Å². The molecule has 2 heterocycles. The van der Waals surface area contributed by atoms with Gasteiger partial charge in [0.15, 0.2) is 11.8 Å². The van der Waals surface area contributed by atoms with E-state index in [1.54, 1.807) is 6.26 Å². The molecule has 1 aromatic heterocycles. The Kier molecular flexibility index (Phi) is 7.25. The predicted octanol–water partition coefficient (Wildman–Crippen LogP) is 1.77. The number of amides is 2. The topological polar surface area (TPSA) is 75.8 Å². The number of hydrogen-bond acceptors (Lipinski definition) is 3. The van der Waals surface area contributed by atoms with Crippen LogP contribution in [0.3, 0.4) is 0 Å². The van der Waals surface area contributed by atoms with Crippen LogP contribution in [-0.4, -0.2) is 31.4 Å². The first-order valence-corrected chi connectivity index (χ1v) is 10.1. The molecule has 0 spiro atoms. The molecular weight excluding hydrogens is 354 g/mol. The minimum Gasteiger partial charge on any atom is -0.463 e. The highest BCUT2D eigenvalue weighted by atomic mass is 16.3. The van der Waals surface area contributed by atoms with Crippen molar-refractivity contribution in [2.75, 3.05) is 19.6 Å². The van der Waals surface area contributed by atoms with Gasteiger partial charge in [-0.15, -0.1) is 0 Å². The molecule has 2 atom stereocenters. The molecule has 0 unspecified atom stereocenters. The molecule has 28 heavy (non-hydrogen) atoms. The van der Waals surface area contributed by atoms with E-state index in [1.165, 1.54) is 31.1 Å². The Morgan fingerprint density at radius 3 is 2.46 bits per heavy atom. The van der Waals surface area contributed by atoms with Crippen molar-refractivity contribution in [3.63, 3.8) is 0 Å². The maximum Gasteiger partial charge on any atom is 0.222 e. The molecule has 1 fully saturated rings.